The summed E-state index contributed by atoms with van der Waals surface area (Å²) in [7, 11) is 3.13. The van der Waals surface area contributed by atoms with E-state index in [1.54, 1.807) is 32.4 Å². The number of methoxy groups -OCH3 is 2. The van der Waals surface area contributed by atoms with Gasteiger partial charge < -0.3 is 30.0 Å². The Bertz CT molecular complexity index is 2340. The van der Waals surface area contributed by atoms with Crippen LogP contribution in [0.1, 0.15) is 54.5 Å². The average Bonchev–Trinajstić information content (AvgIpc) is 3.67. The molecule has 3 N–H and O–H groups in total. The number of Topliss-reactive ketones (excluding diaryl/α,β-unsaturated/α-hetero) is 1. The molecule has 10 heteroatoms. The van der Waals surface area contributed by atoms with E-state index in [1.165, 1.54) is 5.56 Å². The van der Waals surface area contributed by atoms with E-state index in [2.05, 4.69) is 17.4 Å². The number of nitrogens with zero attached hydrogens (tertiary/aromatic N) is 2. The molecule has 266 valence electrons. The lowest BCUT2D eigenvalue weighted by Crippen LogP contribution is -2.37. The molecule has 53 heavy (non-hydrogen) atoms. The molecule has 3 heterocycles. The number of nitrogen functional groups attached to an aromatic ring is 1. The number of ether oxygens (including phenoxy) is 4. The Hall–Kier alpha value is -6.29. The summed E-state index contributed by atoms with van der Waals surface area (Å²) in [5.74, 6) is 1.88. The second-order valence-electron chi connectivity index (χ2n) is 14.0. The normalized spacial score (nSPS) is 19.1. The predicted octanol–water partition coefficient (Wildman–Crippen LogP) is 7.30. The number of ketones is 1. The molecule has 1 aliphatic carbocycles. The summed E-state index contributed by atoms with van der Waals surface area (Å²) in [4.78, 5) is 34.2. The maximum Gasteiger partial charge on any atom is 0.261 e. The van der Waals surface area contributed by atoms with Crippen molar-refractivity contribution in [3.8, 4) is 23.0 Å². The molecule has 0 radical (unpaired) electrons. The van der Waals surface area contributed by atoms with Gasteiger partial charge in [0.25, 0.3) is 5.91 Å². The van der Waals surface area contributed by atoms with Crippen LogP contribution in [0.3, 0.4) is 0 Å². The first-order valence-electron chi connectivity index (χ1n) is 17.8. The summed E-state index contributed by atoms with van der Waals surface area (Å²) in [6, 6.07) is 28.8. The Morgan fingerprint density at radius 2 is 1.45 bits per heavy atom. The van der Waals surface area contributed by atoms with Crippen LogP contribution in [0.2, 0.25) is 0 Å². The fourth-order valence-electron chi connectivity index (χ4n) is 8.28. The van der Waals surface area contributed by atoms with Crippen LogP contribution in [0.25, 0.3) is 0 Å². The monoisotopic (exact) mass is 706 g/mol. The molecule has 10 nitrogen and oxygen atoms in total. The molecule has 0 spiro atoms. The highest BCUT2D eigenvalue weighted by atomic mass is 16.5. The third-order valence-corrected chi connectivity index (χ3v) is 10.7. The van der Waals surface area contributed by atoms with Crippen molar-refractivity contribution in [1.82, 2.24) is 0 Å². The first-order chi connectivity index (χ1) is 25.9. The molecule has 1 unspecified atom stereocenters. The minimum absolute atomic E-state index is 0.0981. The van der Waals surface area contributed by atoms with E-state index < -0.39 is 0 Å². The number of benzene rings is 5. The van der Waals surface area contributed by atoms with Gasteiger partial charge in [0.1, 0.15) is 13.2 Å². The van der Waals surface area contributed by atoms with Gasteiger partial charge in [0.05, 0.1) is 37.4 Å². The largest absolute Gasteiger partial charge is 0.493 e. The SMILES string of the molecule is COc1cc2c(cc1OCc1cc(N)cc(COc3cc4c(cc3OC)C(=O)C3c5ccccc5C[C@H]3CN4)c1)N=C[C@@H]1Cc3ccccc3N1C2=O. The van der Waals surface area contributed by atoms with Gasteiger partial charge in [-0.15, -0.1) is 0 Å². The second-order valence-corrected chi connectivity index (χ2v) is 14.0. The number of carbonyl (C=O) groups excluding carboxylic acids is 2. The highest BCUT2D eigenvalue weighted by Crippen LogP contribution is 2.46. The van der Waals surface area contributed by atoms with E-state index in [0.29, 0.717) is 58.5 Å². The van der Waals surface area contributed by atoms with Crippen molar-refractivity contribution >= 4 is 40.7 Å². The zero-order chi connectivity index (χ0) is 36.2. The summed E-state index contributed by atoms with van der Waals surface area (Å²) in [5, 5.41) is 3.52. The minimum atomic E-state index is -0.179. The van der Waals surface area contributed by atoms with E-state index >= 15 is 0 Å². The number of carbonyl (C=O) groups is 2. The number of rotatable bonds is 8. The maximum atomic E-state index is 13.9. The summed E-state index contributed by atoms with van der Waals surface area (Å²) < 4.78 is 24.0. The van der Waals surface area contributed by atoms with Crippen molar-refractivity contribution in [2.75, 3.05) is 36.7 Å². The molecule has 0 bridgehead atoms. The van der Waals surface area contributed by atoms with Crippen LogP contribution in [-0.4, -0.2) is 44.7 Å². The van der Waals surface area contributed by atoms with Gasteiger partial charge in [0.15, 0.2) is 28.8 Å². The Labute approximate surface area is 307 Å². The number of nitrogens with two attached hydrogens (primary N) is 1. The van der Waals surface area contributed by atoms with Crippen LogP contribution in [0.5, 0.6) is 23.0 Å². The lowest BCUT2D eigenvalue weighted by Gasteiger charge is -2.22. The highest BCUT2D eigenvalue weighted by molar-refractivity contribution is 6.15. The molecule has 0 aromatic heterocycles. The summed E-state index contributed by atoms with van der Waals surface area (Å²) in [6.07, 6.45) is 3.42. The summed E-state index contributed by atoms with van der Waals surface area (Å²) in [6.45, 7) is 1.08. The molecule has 5 aromatic carbocycles. The van der Waals surface area contributed by atoms with Gasteiger partial charge in [-0.25, -0.2) is 0 Å². The summed E-state index contributed by atoms with van der Waals surface area (Å²) in [5.41, 5.74) is 15.3. The van der Waals surface area contributed by atoms with E-state index in [1.807, 2.05) is 71.8 Å². The van der Waals surface area contributed by atoms with Crippen LogP contribution >= 0.6 is 0 Å². The lowest BCUT2D eigenvalue weighted by molar-refractivity contribution is 0.0941. The van der Waals surface area contributed by atoms with Gasteiger partial charge in [-0.2, -0.15) is 0 Å². The van der Waals surface area contributed by atoms with Crippen LogP contribution in [-0.2, 0) is 26.1 Å². The van der Waals surface area contributed by atoms with Crippen LogP contribution in [0.15, 0.2) is 96.0 Å². The number of para-hydroxylation sites is 1. The third kappa shape index (κ3) is 5.71. The van der Waals surface area contributed by atoms with Crippen molar-refractivity contribution in [3.05, 3.63) is 130 Å². The molecule has 0 saturated carbocycles. The quantitative estimate of drug-likeness (QED) is 0.161. The molecule has 9 rings (SSSR count). The second kappa shape index (κ2) is 13.0. The number of aliphatic imine (C=N–C) groups is 1. The lowest BCUT2D eigenvalue weighted by atomic mass is 9.86. The number of anilines is 3. The van der Waals surface area contributed by atoms with Crippen molar-refractivity contribution in [2.24, 2.45) is 10.9 Å². The molecular weight excluding hydrogens is 668 g/mol. The molecule has 0 fully saturated rings. The smallest absolute Gasteiger partial charge is 0.261 e. The molecule has 3 aliphatic heterocycles. The Balaban J connectivity index is 0.919. The van der Waals surface area contributed by atoms with E-state index in [0.717, 1.165) is 40.0 Å². The van der Waals surface area contributed by atoms with Crippen LogP contribution < -0.4 is 34.9 Å². The first-order valence-corrected chi connectivity index (χ1v) is 17.8. The van der Waals surface area contributed by atoms with Crippen molar-refractivity contribution in [3.63, 3.8) is 0 Å². The average molecular weight is 707 g/mol. The number of hydrogen-bond donors (Lipinski definition) is 2. The maximum absolute atomic E-state index is 13.9. The minimum Gasteiger partial charge on any atom is -0.493 e. The number of hydrogen-bond acceptors (Lipinski definition) is 9. The standard InChI is InChI=1S/C43H38N4O6/c1-50-37-16-32-34(45-20-28-14-26-7-3-5-9-31(26)41(28)42(32)48)18-39(37)52-22-24-11-25(13-29(44)12-24)23-53-40-19-35-33(17-38(40)51-2)43(49)47-30(21-46-35)15-27-8-4-6-10-36(27)47/h3-13,16-19,21,28,30,41,45H,14-15,20,22-23,44H2,1-2H3/t28-,30-,41?/m0/s1. The van der Waals surface area contributed by atoms with Crippen LogP contribution in [0.4, 0.5) is 22.7 Å². The van der Waals surface area contributed by atoms with E-state index in [4.69, 9.17) is 29.7 Å². The number of fused-ring (bicyclic) bond motifs is 8. The summed E-state index contributed by atoms with van der Waals surface area (Å²) >= 11 is 0. The van der Waals surface area contributed by atoms with Gasteiger partial charge in [-0.05, 0) is 76.6 Å². The molecule has 3 atom stereocenters. The van der Waals surface area contributed by atoms with Gasteiger partial charge >= 0.3 is 0 Å². The fraction of sp³-hybridized carbons (Fsp3) is 0.233. The van der Waals surface area contributed by atoms with E-state index in [9.17, 15) is 9.59 Å². The molecule has 0 saturated heterocycles. The Kier molecular flexibility index (Phi) is 8.02. The number of amides is 1. The van der Waals surface area contributed by atoms with Crippen molar-refractivity contribution in [1.29, 1.82) is 0 Å². The zero-order valence-corrected chi connectivity index (χ0v) is 29.4. The predicted molar refractivity (Wildman–Crippen MR) is 204 cm³/mol. The molecular formula is C43H38N4O6. The topological polar surface area (TPSA) is 125 Å². The molecule has 1 amide bonds. The third-order valence-electron chi connectivity index (χ3n) is 10.7. The highest BCUT2D eigenvalue weighted by Gasteiger charge is 2.41. The van der Waals surface area contributed by atoms with Gasteiger partial charge in [-0.1, -0.05) is 42.5 Å². The molecule has 4 aliphatic rings. The molecule has 5 aromatic rings. The van der Waals surface area contributed by atoms with Gasteiger partial charge in [0.2, 0.25) is 0 Å². The number of nitrogens with one attached hydrogen (secondary N) is 1. The van der Waals surface area contributed by atoms with E-state index in [-0.39, 0.29) is 42.8 Å². The zero-order valence-electron chi connectivity index (χ0n) is 29.4. The van der Waals surface area contributed by atoms with Crippen LogP contribution in [0, 0.1) is 5.92 Å². The Morgan fingerprint density at radius 1 is 0.774 bits per heavy atom. The fourth-order valence-corrected chi connectivity index (χ4v) is 8.28. The first kappa shape index (κ1) is 32.6. The van der Waals surface area contributed by atoms with Crippen molar-refractivity contribution < 1.29 is 28.5 Å². The van der Waals surface area contributed by atoms with Crippen molar-refractivity contribution in [2.45, 2.75) is 38.0 Å². The Morgan fingerprint density at radius 3 is 2.21 bits per heavy atom. The van der Waals surface area contributed by atoms with Gasteiger partial charge in [-0.3, -0.25) is 19.5 Å². The van der Waals surface area contributed by atoms with Gasteiger partial charge in [0, 0.05) is 53.9 Å².